The molecule has 15 heteroatoms. The second kappa shape index (κ2) is 12.4. The van der Waals surface area contributed by atoms with Crippen LogP contribution in [0.3, 0.4) is 0 Å². The molecule has 9 rings (SSSR count). The smallest absolute Gasteiger partial charge is 0.272 e. The highest BCUT2D eigenvalue weighted by Crippen LogP contribution is 2.45. The minimum atomic E-state index is -1.35. The van der Waals surface area contributed by atoms with Crippen LogP contribution < -0.4 is 21.1 Å². The molecule has 4 aromatic heterocycles. The van der Waals surface area contributed by atoms with Crippen molar-refractivity contribution in [2.45, 2.75) is 43.6 Å². The van der Waals surface area contributed by atoms with Gasteiger partial charge >= 0.3 is 0 Å². The molecule has 3 fully saturated rings. The molecule has 52 heavy (non-hydrogen) atoms. The maximum absolute atomic E-state index is 13.0. The first-order valence-corrected chi connectivity index (χ1v) is 17.8. The van der Waals surface area contributed by atoms with Crippen molar-refractivity contribution >= 4 is 61.3 Å². The number of aromatic nitrogens is 5. The first-order chi connectivity index (χ1) is 25.2. The van der Waals surface area contributed by atoms with Crippen LogP contribution in [0.4, 0.5) is 22.9 Å². The van der Waals surface area contributed by atoms with Crippen molar-refractivity contribution in [3.8, 4) is 11.1 Å². The molecular weight excluding hydrogens is 654 g/mol. The highest BCUT2D eigenvalue weighted by Gasteiger charge is 2.41. The summed E-state index contributed by atoms with van der Waals surface area (Å²) in [5, 5.41) is 10.3. The molecule has 0 atom stereocenters. The minimum absolute atomic E-state index is 0.0136. The number of hydrogen-bond donors (Lipinski definition) is 3. The molecule has 1 aromatic carbocycles. The van der Waals surface area contributed by atoms with E-state index in [9.17, 15) is 14.4 Å². The molecule has 4 aliphatic rings. The highest BCUT2D eigenvalue weighted by molar-refractivity contribution is 6.39. The van der Waals surface area contributed by atoms with Gasteiger partial charge in [0.15, 0.2) is 0 Å². The van der Waals surface area contributed by atoms with E-state index in [1.54, 1.807) is 36.5 Å². The van der Waals surface area contributed by atoms with Gasteiger partial charge in [0.25, 0.3) is 11.5 Å². The molecule has 3 aliphatic heterocycles. The zero-order valence-corrected chi connectivity index (χ0v) is 28.8. The van der Waals surface area contributed by atoms with Crippen LogP contribution in [-0.4, -0.2) is 95.3 Å². The van der Waals surface area contributed by atoms with E-state index in [0.29, 0.717) is 53.4 Å². The van der Waals surface area contributed by atoms with Crippen LogP contribution in [0.2, 0.25) is 0 Å². The van der Waals surface area contributed by atoms with E-state index in [4.69, 9.17) is 20.8 Å². The summed E-state index contributed by atoms with van der Waals surface area (Å²) in [7, 11) is 15.4. The van der Waals surface area contributed by atoms with E-state index >= 15 is 0 Å². The Morgan fingerprint density at radius 1 is 0.981 bits per heavy atom. The van der Waals surface area contributed by atoms with Crippen LogP contribution in [0.25, 0.3) is 22.0 Å². The number of para-hydroxylation sites is 1. The number of H-pyrrole nitrogens is 1. The average Bonchev–Trinajstić information content (AvgIpc) is 3.67. The van der Waals surface area contributed by atoms with Crippen LogP contribution in [0.5, 0.6) is 0 Å². The van der Waals surface area contributed by atoms with Gasteiger partial charge in [-0.1, -0.05) is 18.2 Å². The predicted octanol–water partition coefficient (Wildman–Crippen LogP) is 3.46. The van der Waals surface area contributed by atoms with E-state index < -0.39 is 5.34 Å². The lowest BCUT2D eigenvalue weighted by Gasteiger charge is -2.50. The van der Waals surface area contributed by atoms with Gasteiger partial charge in [-0.3, -0.25) is 19.1 Å². The number of likely N-dealkylation sites (tertiary alicyclic amines) is 2. The number of anilines is 4. The fourth-order valence-corrected chi connectivity index (χ4v) is 7.67. The number of carbonyl (C=O) groups is 2. The van der Waals surface area contributed by atoms with E-state index in [-0.39, 0.29) is 29.3 Å². The summed E-state index contributed by atoms with van der Waals surface area (Å²) in [6, 6.07) is 14.8. The van der Waals surface area contributed by atoms with Gasteiger partial charge in [-0.2, -0.15) is 5.10 Å². The number of fused-ring (bicyclic) bond motifs is 4. The number of carbonyl (C=O) groups excluding carboxylic acids is 2. The highest BCUT2D eigenvalue weighted by atomic mass is 16.2. The van der Waals surface area contributed by atoms with Crippen LogP contribution in [0, 0.1) is 5.92 Å². The van der Waals surface area contributed by atoms with E-state index in [1.807, 2.05) is 35.2 Å². The molecule has 2 saturated heterocycles. The SMILES string of the molecule is [B]C([B])(c1cccc(C(=O)N2CCCC2)n1)N1CC(n2ncc3c2CN(C)c2c(Nc4cc(NC(=O)C5CC5)nc5cc[nH]c(=O)c45)cccc2-3)C1. The third kappa shape index (κ3) is 5.54. The third-order valence-electron chi connectivity index (χ3n) is 10.7. The lowest BCUT2D eigenvalue weighted by Crippen LogP contribution is -2.60. The Hall–Kier alpha value is -5.43. The maximum atomic E-state index is 13.0. The number of rotatable bonds is 8. The Balaban J connectivity index is 0.968. The molecule has 2 amide bonds. The van der Waals surface area contributed by atoms with Crippen LogP contribution in [0.1, 0.15) is 53.6 Å². The topological polar surface area (TPSA) is 144 Å². The van der Waals surface area contributed by atoms with Crippen LogP contribution >= 0.6 is 0 Å². The van der Waals surface area contributed by atoms with Gasteiger partial charge in [-0.15, -0.1) is 0 Å². The zero-order chi connectivity index (χ0) is 35.7. The normalized spacial score (nSPS) is 17.5. The van der Waals surface area contributed by atoms with Crippen molar-refractivity contribution in [1.82, 2.24) is 34.5 Å². The summed E-state index contributed by atoms with van der Waals surface area (Å²) >= 11 is 0. The molecule has 0 spiro atoms. The monoisotopic (exact) mass is 690 g/mol. The largest absolute Gasteiger partial charge is 0.366 e. The zero-order valence-electron chi connectivity index (χ0n) is 28.8. The number of nitrogens with zero attached hydrogens (tertiary/aromatic N) is 7. The predicted molar refractivity (Wildman–Crippen MR) is 200 cm³/mol. The molecule has 4 radical (unpaired) electrons. The standard InChI is InChI=1S/C37H36B2N10O3/c1-46-20-29-24(17-41-49(29)22-18-48(19-22)37(38,39)30-9-5-8-27(43-30)36(52)47-14-2-3-15-47)23-6-4-7-26(33(23)46)42-28-16-31(45-34(50)21-10-11-21)44-25-12-13-40-35(51)32(25)28/h4-9,12-13,16-17,21-22H,2-3,10-11,14-15,18-20H2,1H3,(H,40,51)(H2,42,44,45,50). The lowest BCUT2D eigenvalue weighted by atomic mass is 9.57. The molecule has 0 unspecified atom stereocenters. The first-order valence-electron chi connectivity index (χ1n) is 17.8. The maximum Gasteiger partial charge on any atom is 0.272 e. The van der Waals surface area contributed by atoms with Crippen molar-refractivity contribution < 1.29 is 9.59 Å². The molecule has 258 valence electrons. The molecule has 1 saturated carbocycles. The van der Waals surface area contributed by atoms with Gasteiger partial charge in [0, 0.05) is 68.2 Å². The van der Waals surface area contributed by atoms with Gasteiger partial charge in [0.2, 0.25) is 5.91 Å². The Bertz CT molecular complexity index is 2310. The molecule has 7 heterocycles. The number of pyridine rings is 3. The third-order valence-corrected chi connectivity index (χ3v) is 10.7. The number of benzene rings is 1. The van der Waals surface area contributed by atoms with Crippen molar-refractivity contribution in [2.24, 2.45) is 5.92 Å². The van der Waals surface area contributed by atoms with E-state index in [0.717, 1.165) is 67.0 Å². The molecule has 13 nitrogen and oxygen atoms in total. The molecule has 1 aliphatic carbocycles. The summed E-state index contributed by atoms with van der Waals surface area (Å²) in [4.78, 5) is 56.5. The summed E-state index contributed by atoms with van der Waals surface area (Å²) in [6.07, 6.45) is 7.21. The summed E-state index contributed by atoms with van der Waals surface area (Å²) in [5.41, 5.74) is 6.42. The Morgan fingerprint density at radius 3 is 2.56 bits per heavy atom. The van der Waals surface area contributed by atoms with Gasteiger partial charge in [-0.05, 0) is 55.3 Å². The lowest BCUT2D eigenvalue weighted by molar-refractivity contribution is -0.117. The number of hydrogen-bond acceptors (Lipinski definition) is 9. The molecule has 3 N–H and O–H groups in total. The van der Waals surface area contributed by atoms with Crippen LogP contribution in [0.15, 0.2) is 65.7 Å². The summed E-state index contributed by atoms with van der Waals surface area (Å²) in [6.45, 7) is 3.21. The van der Waals surface area contributed by atoms with Gasteiger partial charge in [0.1, 0.15) is 11.5 Å². The fraction of sp³-hybridized carbons (Fsp3) is 0.351. The second-order valence-electron chi connectivity index (χ2n) is 14.3. The molecule has 5 aromatic rings. The Labute approximate surface area is 302 Å². The fourth-order valence-electron chi connectivity index (χ4n) is 7.67. The Morgan fingerprint density at radius 2 is 1.77 bits per heavy atom. The number of nitrogens with one attached hydrogen (secondary N) is 3. The average molecular weight is 690 g/mol. The molecule has 0 bridgehead atoms. The quantitative estimate of drug-likeness (QED) is 0.209. The minimum Gasteiger partial charge on any atom is -0.366 e. The Kier molecular flexibility index (Phi) is 7.72. The van der Waals surface area contributed by atoms with Crippen molar-refractivity contribution in [2.75, 3.05) is 48.8 Å². The number of amides is 2. The molecular formula is C37H36B2N10O3. The summed E-state index contributed by atoms with van der Waals surface area (Å²) in [5.74, 6) is 0.261. The van der Waals surface area contributed by atoms with Gasteiger partial charge in [0.05, 0.1) is 68.1 Å². The summed E-state index contributed by atoms with van der Waals surface area (Å²) < 4.78 is 2.06. The number of aromatic amines is 1. The van der Waals surface area contributed by atoms with E-state index in [1.165, 1.54) is 0 Å². The van der Waals surface area contributed by atoms with Gasteiger partial charge in [-0.25, -0.2) is 9.97 Å². The van der Waals surface area contributed by atoms with Crippen molar-refractivity contribution in [1.29, 1.82) is 0 Å². The van der Waals surface area contributed by atoms with E-state index in [2.05, 4.69) is 41.2 Å². The van der Waals surface area contributed by atoms with Crippen molar-refractivity contribution in [3.63, 3.8) is 0 Å². The van der Waals surface area contributed by atoms with Gasteiger partial charge < -0.3 is 30.3 Å². The second-order valence-corrected chi connectivity index (χ2v) is 14.3. The van der Waals surface area contributed by atoms with Crippen molar-refractivity contribution in [3.05, 3.63) is 88.4 Å². The first kappa shape index (κ1) is 32.5. The van der Waals surface area contributed by atoms with Crippen LogP contribution in [-0.2, 0) is 16.7 Å².